The summed E-state index contributed by atoms with van der Waals surface area (Å²) in [7, 11) is -3.07. The van der Waals surface area contributed by atoms with E-state index in [1.54, 1.807) is 0 Å². The molecule has 0 saturated carbocycles. The summed E-state index contributed by atoms with van der Waals surface area (Å²) in [4.78, 5) is 2.20. The third kappa shape index (κ3) is 5.46. The molecule has 1 unspecified atom stereocenters. The highest BCUT2D eigenvalue weighted by molar-refractivity contribution is 7.88. The van der Waals surface area contributed by atoms with E-state index in [9.17, 15) is 8.42 Å². The van der Waals surface area contributed by atoms with Crippen LogP contribution in [0.5, 0.6) is 0 Å². The number of piperidine rings is 1. The van der Waals surface area contributed by atoms with Gasteiger partial charge in [-0.05, 0) is 25.3 Å². The van der Waals surface area contributed by atoms with Crippen LogP contribution >= 0.6 is 0 Å². The first-order valence-corrected chi connectivity index (χ1v) is 7.18. The molecule has 0 bridgehead atoms. The number of hydrogen-bond acceptors (Lipinski definition) is 4. The van der Waals surface area contributed by atoms with E-state index in [-0.39, 0.29) is 6.61 Å². The molecular formula is C9H20N2O3S. The highest BCUT2D eigenvalue weighted by atomic mass is 32.2. The van der Waals surface area contributed by atoms with Gasteiger partial charge in [0.1, 0.15) is 0 Å². The van der Waals surface area contributed by atoms with Gasteiger partial charge < -0.3 is 10.0 Å². The van der Waals surface area contributed by atoms with E-state index in [0.717, 1.165) is 32.5 Å². The number of nitrogens with zero attached hydrogens (tertiary/aromatic N) is 1. The highest BCUT2D eigenvalue weighted by Gasteiger charge is 2.18. The summed E-state index contributed by atoms with van der Waals surface area (Å²) in [6, 6.07) is 0. The van der Waals surface area contributed by atoms with Crippen LogP contribution in [-0.4, -0.2) is 57.5 Å². The van der Waals surface area contributed by atoms with Crippen LogP contribution in [-0.2, 0) is 10.0 Å². The van der Waals surface area contributed by atoms with Crippen LogP contribution in [0.3, 0.4) is 0 Å². The molecule has 0 radical (unpaired) electrons. The molecule has 0 aromatic carbocycles. The van der Waals surface area contributed by atoms with Crippen molar-refractivity contribution in [2.45, 2.75) is 12.8 Å². The Kier molecular flexibility index (Phi) is 4.98. The Morgan fingerprint density at radius 3 is 2.87 bits per heavy atom. The molecule has 0 aromatic rings. The lowest BCUT2D eigenvalue weighted by Crippen LogP contribution is -2.41. The second-order valence-electron chi connectivity index (χ2n) is 4.16. The normalized spacial score (nSPS) is 24.3. The van der Waals surface area contributed by atoms with Gasteiger partial charge in [-0.2, -0.15) is 0 Å². The molecule has 1 fully saturated rings. The lowest BCUT2D eigenvalue weighted by Gasteiger charge is -2.31. The van der Waals surface area contributed by atoms with Crippen molar-refractivity contribution in [2.75, 3.05) is 39.0 Å². The Bertz CT molecular complexity index is 279. The SMILES string of the molecule is CS(=O)(=O)NCCN1CCCC(CO)C1. The van der Waals surface area contributed by atoms with Gasteiger partial charge in [0.25, 0.3) is 0 Å². The molecule has 6 heteroatoms. The van der Waals surface area contributed by atoms with E-state index in [1.807, 2.05) is 0 Å². The standard InChI is InChI=1S/C9H20N2O3S/c1-15(13,14)10-4-6-11-5-2-3-9(7-11)8-12/h9-10,12H,2-8H2,1H3. The average Bonchev–Trinajstić information content (AvgIpc) is 2.16. The predicted molar refractivity (Wildman–Crippen MR) is 59.1 cm³/mol. The van der Waals surface area contributed by atoms with E-state index in [4.69, 9.17) is 5.11 Å². The van der Waals surface area contributed by atoms with Gasteiger partial charge in [-0.1, -0.05) is 0 Å². The van der Waals surface area contributed by atoms with Crippen molar-refractivity contribution in [1.29, 1.82) is 0 Å². The first-order chi connectivity index (χ1) is 7.01. The largest absolute Gasteiger partial charge is 0.396 e. The molecule has 90 valence electrons. The van der Waals surface area contributed by atoms with Crippen LogP contribution in [0.1, 0.15) is 12.8 Å². The van der Waals surface area contributed by atoms with Crippen molar-refractivity contribution in [3.05, 3.63) is 0 Å². The number of likely N-dealkylation sites (tertiary alicyclic amines) is 1. The minimum atomic E-state index is -3.07. The van der Waals surface area contributed by atoms with E-state index < -0.39 is 10.0 Å². The number of nitrogens with one attached hydrogen (secondary N) is 1. The van der Waals surface area contributed by atoms with Crippen molar-refractivity contribution in [2.24, 2.45) is 5.92 Å². The molecule has 0 spiro atoms. The Hall–Kier alpha value is -0.170. The number of sulfonamides is 1. The average molecular weight is 236 g/mol. The monoisotopic (exact) mass is 236 g/mol. The van der Waals surface area contributed by atoms with Gasteiger partial charge >= 0.3 is 0 Å². The van der Waals surface area contributed by atoms with Crippen molar-refractivity contribution in [1.82, 2.24) is 9.62 Å². The van der Waals surface area contributed by atoms with E-state index in [2.05, 4.69) is 9.62 Å². The molecule has 1 aliphatic rings. The van der Waals surface area contributed by atoms with Gasteiger partial charge in [0, 0.05) is 26.2 Å². The van der Waals surface area contributed by atoms with Crippen LogP contribution < -0.4 is 4.72 Å². The third-order valence-electron chi connectivity index (χ3n) is 2.65. The molecule has 1 atom stereocenters. The summed E-state index contributed by atoms with van der Waals surface area (Å²) in [6.45, 7) is 3.29. The van der Waals surface area contributed by atoms with Gasteiger partial charge in [0.15, 0.2) is 0 Å². The second kappa shape index (κ2) is 5.79. The Labute approximate surface area is 91.5 Å². The van der Waals surface area contributed by atoms with Crippen LogP contribution in [0, 0.1) is 5.92 Å². The fourth-order valence-corrected chi connectivity index (χ4v) is 2.35. The van der Waals surface area contributed by atoms with Crippen LogP contribution in [0.25, 0.3) is 0 Å². The first kappa shape index (κ1) is 12.9. The fraction of sp³-hybridized carbons (Fsp3) is 1.00. The lowest BCUT2D eigenvalue weighted by atomic mass is 9.99. The summed E-state index contributed by atoms with van der Waals surface area (Å²) >= 11 is 0. The van der Waals surface area contributed by atoms with Gasteiger partial charge in [0.2, 0.25) is 10.0 Å². The summed E-state index contributed by atoms with van der Waals surface area (Å²) in [5.41, 5.74) is 0. The molecule has 1 rings (SSSR count). The lowest BCUT2D eigenvalue weighted by molar-refractivity contribution is 0.122. The molecule has 1 heterocycles. The zero-order chi connectivity index (χ0) is 11.3. The van der Waals surface area contributed by atoms with Gasteiger partial charge in [0.05, 0.1) is 6.26 Å². The quantitative estimate of drug-likeness (QED) is 0.658. The second-order valence-corrected chi connectivity index (χ2v) is 5.99. The minimum absolute atomic E-state index is 0.232. The van der Waals surface area contributed by atoms with Crippen molar-refractivity contribution >= 4 is 10.0 Å². The summed E-state index contributed by atoms with van der Waals surface area (Å²) in [5, 5.41) is 9.03. The summed E-state index contributed by atoms with van der Waals surface area (Å²) in [5.74, 6) is 0.358. The maximum absolute atomic E-state index is 10.8. The van der Waals surface area contributed by atoms with Gasteiger partial charge in [-0.25, -0.2) is 13.1 Å². The van der Waals surface area contributed by atoms with Crippen LogP contribution in [0.15, 0.2) is 0 Å². The fourth-order valence-electron chi connectivity index (χ4n) is 1.89. The van der Waals surface area contributed by atoms with Gasteiger partial charge in [-0.15, -0.1) is 0 Å². The molecule has 0 aliphatic carbocycles. The van der Waals surface area contributed by atoms with Crippen molar-refractivity contribution < 1.29 is 13.5 Å². The Morgan fingerprint density at radius 2 is 2.27 bits per heavy atom. The number of aliphatic hydroxyl groups excluding tert-OH is 1. The number of aliphatic hydroxyl groups is 1. The van der Waals surface area contributed by atoms with Crippen LogP contribution in [0.4, 0.5) is 0 Å². The molecule has 5 nitrogen and oxygen atoms in total. The van der Waals surface area contributed by atoms with E-state index in [0.29, 0.717) is 12.5 Å². The third-order valence-corrected chi connectivity index (χ3v) is 3.38. The van der Waals surface area contributed by atoms with Gasteiger partial charge in [-0.3, -0.25) is 0 Å². The highest BCUT2D eigenvalue weighted by Crippen LogP contribution is 2.14. The Morgan fingerprint density at radius 1 is 1.53 bits per heavy atom. The Balaban J connectivity index is 2.21. The molecule has 1 aliphatic heterocycles. The summed E-state index contributed by atoms with van der Waals surface area (Å²) in [6.07, 6.45) is 3.33. The first-order valence-electron chi connectivity index (χ1n) is 5.29. The van der Waals surface area contributed by atoms with Crippen LogP contribution in [0.2, 0.25) is 0 Å². The molecule has 0 aromatic heterocycles. The van der Waals surface area contributed by atoms with Crippen molar-refractivity contribution in [3.63, 3.8) is 0 Å². The maximum atomic E-state index is 10.8. The summed E-state index contributed by atoms with van der Waals surface area (Å²) < 4.78 is 24.1. The molecule has 1 saturated heterocycles. The number of rotatable bonds is 5. The molecule has 0 amide bonds. The zero-order valence-electron chi connectivity index (χ0n) is 9.15. The zero-order valence-corrected chi connectivity index (χ0v) is 9.96. The van der Waals surface area contributed by atoms with Crippen molar-refractivity contribution in [3.8, 4) is 0 Å². The number of hydrogen-bond donors (Lipinski definition) is 2. The minimum Gasteiger partial charge on any atom is -0.396 e. The van der Waals surface area contributed by atoms with E-state index >= 15 is 0 Å². The molecule has 15 heavy (non-hydrogen) atoms. The molecular weight excluding hydrogens is 216 g/mol. The maximum Gasteiger partial charge on any atom is 0.208 e. The smallest absolute Gasteiger partial charge is 0.208 e. The predicted octanol–water partition coefficient (Wildman–Crippen LogP) is -0.760. The van der Waals surface area contributed by atoms with E-state index in [1.165, 1.54) is 6.26 Å². The molecule has 2 N–H and O–H groups in total. The topological polar surface area (TPSA) is 69.6 Å².